The lowest BCUT2D eigenvalue weighted by atomic mass is 10.2. The first-order chi connectivity index (χ1) is 9.89. The second-order valence-electron chi connectivity index (χ2n) is 4.13. The number of methoxy groups -OCH3 is 1. The summed E-state index contributed by atoms with van der Waals surface area (Å²) in [5, 5.41) is 3.27. The average molecular weight is 329 g/mol. The lowest BCUT2D eigenvalue weighted by molar-refractivity contribution is 0.415. The predicted molar refractivity (Wildman–Crippen MR) is 81.8 cm³/mol. The highest BCUT2D eigenvalue weighted by atomic mass is 35.5. The van der Waals surface area contributed by atoms with Crippen LogP contribution in [0, 0.1) is 0 Å². The number of hydrogen-bond donors (Lipinski definition) is 2. The lowest BCUT2D eigenvalue weighted by Crippen LogP contribution is -2.11. The van der Waals surface area contributed by atoms with Gasteiger partial charge in [-0.2, -0.15) is 0 Å². The van der Waals surface area contributed by atoms with Gasteiger partial charge in [-0.25, -0.2) is 18.4 Å². The zero-order valence-corrected chi connectivity index (χ0v) is 12.9. The molecule has 0 spiro atoms. The number of halogens is 1. The fraction of sp³-hybridized carbons (Fsp3) is 0.167. The van der Waals surface area contributed by atoms with E-state index >= 15 is 0 Å². The first kappa shape index (κ1) is 15.3. The van der Waals surface area contributed by atoms with Crippen LogP contribution in [0.4, 0.5) is 17.2 Å². The van der Waals surface area contributed by atoms with E-state index in [4.69, 9.17) is 16.3 Å². The first-order valence-electron chi connectivity index (χ1n) is 5.77. The summed E-state index contributed by atoms with van der Waals surface area (Å²) in [6.45, 7) is 0. The summed E-state index contributed by atoms with van der Waals surface area (Å²) in [4.78, 5) is 7.77. The molecule has 0 aliphatic rings. The van der Waals surface area contributed by atoms with Crippen molar-refractivity contribution in [3.63, 3.8) is 0 Å². The van der Waals surface area contributed by atoms with Gasteiger partial charge in [-0.05, 0) is 12.1 Å². The van der Waals surface area contributed by atoms with E-state index < -0.39 is 10.0 Å². The molecule has 2 rings (SSSR count). The Morgan fingerprint density at radius 2 is 2.05 bits per heavy atom. The molecule has 0 fully saturated rings. The molecule has 1 heterocycles. The first-order valence-corrected chi connectivity index (χ1v) is 8.04. The summed E-state index contributed by atoms with van der Waals surface area (Å²) in [5.41, 5.74) is 0.813. The number of nitrogens with zero attached hydrogens (tertiary/aromatic N) is 2. The average Bonchev–Trinajstić information content (AvgIpc) is 2.41. The molecule has 21 heavy (non-hydrogen) atoms. The van der Waals surface area contributed by atoms with E-state index in [-0.39, 0.29) is 0 Å². The van der Waals surface area contributed by atoms with Crippen molar-refractivity contribution in [1.82, 2.24) is 9.97 Å². The Morgan fingerprint density at radius 3 is 2.67 bits per heavy atom. The summed E-state index contributed by atoms with van der Waals surface area (Å²) in [5.74, 6) is 0.883. The molecular weight excluding hydrogens is 316 g/mol. The highest BCUT2D eigenvalue weighted by molar-refractivity contribution is 7.92. The van der Waals surface area contributed by atoms with Crippen molar-refractivity contribution in [2.75, 3.05) is 23.4 Å². The number of aromatic nitrogens is 2. The summed E-state index contributed by atoms with van der Waals surface area (Å²) < 4.78 is 30.4. The maximum Gasteiger partial charge on any atom is 0.229 e. The number of sulfonamides is 1. The monoisotopic (exact) mass is 328 g/mol. The van der Waals surface area contributed by atoms with Gasteiger partial charge in [0.25, 0.3) is 0 Å². The third-order valence-corrected chi connectivity index (χ3v) is 3.31. The van der Waals surface area contributed by atoms with E-state index in [0.717, 1.165) is 6.26 Å². The van der Waals surface area contributed by atoms with Gasteiger partial charge in [-0.1, -0.05) is 11.6 Å². The van der Waals surface area contributed by atoms with E-state index in [1.54, 1.807) is 18.2 Å². The van der Waals surface area contributed by atoms with Crippen LogP contribution in [0.3, 0.4) is 0 Å². The third kappa shape index (κ3) is 4.20. The van der Waals surface area contributed by atoms with Crippen LogP contribution in [0.1, 0.15) is 0 Å². The molecule has 1 aromatic carbocycles. The van der Waals surface area contributed by atoms with Crippen molar-refractivity contribution in [3.8, 4) is 5.75 Å². The van der Waals surface area contributed by atoms with Crippen LogP contribution in [-0.2, 0) is 10.0 Å². The van der Waals surface area contributed by atoms with Gasteiger partial charge >= 0.3 is 0 Å². The van der Waals surface area contributed by atoms with Gasteiger partial charge in [0.2, 0.25) is 10.0 Å². The van der Waals surface area contributed by atoms with Gasteiger partial charge in [-0.15, -0.1) is 0 Å². The third-order valence-electron chi connectivity index (χ3n) is 2.44. The molecular formula is C12H13ClN4O3S. The van der Waals surface area contributed by atoms with Crippen LogP contribution >= 0.6 is 11.6 Å². The Kier molecular flexibility index (Phi) is 4.49. The maximum absolute atomic E-state index is 11.4. The highest BCUT2D eigenvalue weighted by Crippen LogP contribution is 2.31. The number of anilines is 3. The van der Waals surface area contributed by atoms with Gasteiger partial charge in [0.05, 0.1) is 30.9 Å². The minimum absolute atomic E-state index is 0.318. The fourth-order valence-electron chi connectivity index (χ4n) is 1.58. The molecule has 0 saturated heterocycles. The van der Waals surface area contributed by atoms with Gasteiger partial charge < -0.3 is 10.1 Å². The molecule has 7 nitrogen and oxygen atoms in total. The number of ether oxygens (including phenoxy) is 1. The Labute approximate surface area is 127 Å². The van der Waals surface area contributed by atoms with Crippen LogP contribution in [-0.4, -0.2) is 31.8 Å². The van der Waals surface area contributed by atoms with Crippen LogP contribution in [0.25, 0.3) is 0 Å². The molecule has 1 aromatic heterocycles. The Hall–Kier alpha value is -2.06. The second-order valence-corrected chi connectivity index (χ2v) is 6.29. The van der Waals surface area contributed by atoms with E-state index in [2.05, 4.69) is 20.0 Å². The largest absolute Gasteiger partial charge is 0.497 e. The predicted octanol–water partition coefficient (Wildman–Crippen LogP) is 2.25. The molecule has 0 atom stereocenters. The second kappa shape index (κ2) is 6.15. The topological polar surface area (TPSA) is 93.2 Å². The lowest BCUT2D eigenvalue weighted by Gasteiger charge is -2.14. The van der Waals surface area contributed by atoms with Crippen molar-refractivity contribution in [2.24, 2.45) is 0 Å². The van der Waals surface area contributed by atoms with Gasteiger partial charge in [-0.3, -0.25) is 4.72 Å². The summed E-state index contributed by atoms with van der Waals surface area (Å²) >= 11 is 5.97. The molecule has 0 unspecified atom stereocenters. The fourth-order valence-corrected chi connectivity index (χ4v) is 2.30. The Balaban J connectivity index is 2.40. The van der Waals surface area contributed by atoms with Gasteiger partial charge in [0.15, 0.2) is 5.82 Å². The molecule has 0 bridgehead atoms. The number of benzene rings is 1. The summed E-state index contributed by atoms with van der Waals surface area (Å²) in [6.07, 6.45) is 3.83. The van der Waals surface area contributed by atoms with Crippen molar-refractivity contribution < 1.29 is 13.2 Å². The molecule has 2 aromatic rings. The normalized spacial score (nSPS) is 11.0. The van der Waals surface area contributed by atoms with E-state index in [1.807, 2.05) is 0 Å². The molecule has 9 heteroatoms. The standard InChI is InChI=1S/C12H13ClN4O3S/c1-20-8-3-4-10(11(5-8)17-21(2,18)19)16-12-9(13)6-14-7-15-12/h3-7,17H,1-2H3,(H,14,15,16). The van der Waals surface area contributed by atoms with Crippen LogP contribution in [0.15, 0.2) is 30.7 Å². The van der Waals surface area contributed by atoms with Gasteiger partial charge in [0.1, 0.15) is 17.1 Å². The molecule has 0 saturated carbocycles. The molecule has 0 radical (unpaired) electrons. The number of rotatable bonds is 5. The van der Waals surface area contributed by atoms with Crippen molar-refractivity contribution in [1.29, 1.82) is 0 Å². The molecule has 2 N–H and O–H groups in total. The maximum atomic E-state index is 11.4. The molecule has 0 aliphatic carbocycles. The Bertz CT molecular complexity index is 752. The molecule has 0 aliphatic heterocycles. The van der Waals surface area contributed by atoms with Gasteiger partial charge in [0, 0.05) is 6.07 Å². The summed E-state index contributed by atoms with van der Waals surface area (Å²) in [7, 11) is -1.94. The SMILES string of the molecule is COc1ccc(Nc2ncncc2Cl)c(NS(C)(=O)=O)c1. The number of nitrogens with one attached hydrogen (secondary N) is 2. The Morgan fingerprint density at radius 1 is 1.29 bits per heavy atom. The van der Waals surface area contributed by atoms with Crippen molar-refractivity contribution in [3.05, 3.63) is 35.7 Å². The quantitative estimate of drug-likeness (QED) is 0.874. The van der Waals surface area contributed by atoms with Crippen LogP contribution < -0.4 is 14.8 Å². The van der Waals surface area contributed by atoms with E-state index in [1.165, 1.54) is 19.6 Å². The van der Waals surface area contributed by atoms with Crippen LogP contribution in [0.2, 0.25) is 5.02 Å². The van der Waals surface area contributed by atoms with Crippen molar-refractivity contribution >= 4 is 38.8 Å². The minimum atomic E-state index is -3.44. The molecule has 112 valence electrons. The zero-order valence-electron chi connectivity index (χ0n) is 11.3. The van der Waals surface area contributed by atoms with E-state index in [0.29, 0.717) is 28.0 Å². The summed E-state index contributed by atoms with van der Waals surface area (Å²) in [6, 6.07) is 4.90. The number of hydrogen-bond acceptors (Lipinski definition) is 6. The van der Waals surface area contributed by atoms with Crippen molar-refractivity contribution in [2.45, 2.75) is 0 Å². The smallest absolute Gasteiger partial charge is 0.229 e. The van der Waals surface area contributed by atoms with E-state index in [9.17, 15) is 8.42 Å². The highest BCUT2D eigenvalue weighted by Gasteiger charge is 2.11. The minimum Gasteiger partial charge on any atom is -0.497 e. The van der Waals surface area contributed by atoms with Crippen LogP contribution in [0.5, 0.6) is 5.75 Å². The zero-order chi connectivity index (χ0) is 15.5. The molecule has 0 amide bonds.